The van der Waals surface area contributed by atoms with E-state index in [4.69, 9.17) is 31.4 Å². The largest absolute Gasteiger partial charge is 0.487 e. The number of aryl methyl sites for hydroxylation is 6. The van der Waals surface area contributed by atoms with Crippen LogP contribution in [0, 0.1) is 49.6 Å². The van der Waals surface area contributed by atoms with Crippen LogP contribution in [-0.4, -0.2) is 68.1 Å². The third-order valence-corrected chi connectivity index (χ3v) is 16.1. The number of halogens is 3. The third kappa shape index (κ3) is 11.6. The minimum atomic E-state index is -0.736. The summed E-state index contributed by atoms with van der Waals surface area (Å²) in [7, 11) is 0. The van der Waals surface area contributed by atoms with E-state index in [0.717, 1.165) is 61.0 Å². The monoisotopic (exact) mass is 1190 g/mol. The number of benzene rings is 3. The average molecular weight is 1190 g/mol. The van der Waals surface area contributed by atoms with Gasteiger partial charge in [-0.3, -0.25) is 29.3 Å². The fourth-order valence-electron chi connectivity index (χ4n) is 11.3. The molecule has 3 aromatic carbocycles. The van der Waals surface area contributed by atoms with Crippen molar-refractivity contribution in [3.8, 4) is 23.3 Å². The molecule has 0 bridgehead atoms. The molecule has 452 valence electrons. The lowest BCUT2D eigenvalue weighted by Gasteiger charge is -2.36. The second-order valence-corrected chi connectivity index (χ2v) is 22.9. The minimum Gasteiger partial charge on any atom is -0.487 e. The highest BCUT2D eigenvalue weighted by Crippen LogP contribution is 2.46. The zero-order chi connectivity index (χ0) is 62.0. The normalized spacial score (nSPS) is 15.0. The number of pyridine rings is 6. The first-order valence-electron chi connectivity index (χ1n) is 29.0. The van der Waals surface area contributed by atoms with Gasteiger partial charge in [0.1, 0.15) is 48.5 Å². The van der Waals surface area contributed by atoms with Gasteiger partial charge in [-0.15, -0.1) is 0 Å². The van der Waals surface area contributed by atoms with Crippen LogP contribution in [0.2, 0.25) is 0 Å². The number of hydrogen-bond acceptors (Lipinski definition) is 16. The van der Waals surface area contributed by atoms with E-state index >= 15 is 13.2 Å². The van der Waals surface area contributed by atoms with E-state index in [2.05, 4.69) is 30.9 Å². The van der Waals surface area contributed by atoms with Crippen molar-refractivity contribution in [2.45, 2.75) is 105 Å². The number of anilines is 6. The molecule has 0 fully saturated rings. The number of nitrogens with two attached hydrogens (primary N) is 3. The van der Waals surface area contributed by atoms with Gasteiger partial charge in [0.05, 0.1) is 67.4 Å². The topological polar surface area (TPSA) is 270 Å². The van der Waals surface area contributed by atoms with Crippen LogP contribution in [0.15, 0.2) is 100 Å². The maximum Gasteiger partial charge on any atom is 0.209 e. The van der Waals surface area contributed by atoms with Crippen LogP contribution in [0.1, 0.15) is 98.2 Å². The van der Waals surface area contributed by atoms with Crippen LogP contribution < -0.4 is 63.6 Å². The molecule has 0 saturated heterocycles. The summed E-state index contributed by atoms with van der Waals surface area (Å²) in [5.41, 5.74) is 23.4. The Morgan fingerprint density at radius 1 is 0.621 bits per heavy atom. The Kier molecular flexibility index (Phi) is 17.4. The first-order chi connectivity index (χ1) is 41.7. The van der Waals surface area contributed by atoms with Gasteiger partial charge in [0.2, 0.25) is 5.43 Å². The lowest BCUT2D eigenvalue weighted by atomic mass is 9.99. The third-order valence-electron chi connectivity index (χ3n) is 16.1. The molecule has 3 aliphatic heterocycles. The van der Waals surface area contributed by atoms with Gasteiger partial charge in [-0.25, -0.2) is 13.2 Å². The van der Waals surface area contributed by atoms with Gasteiger partial charge in [0.25, 0.3) is 0 Å². The predicted molar refractivity (Wildman–Crippen MR) is 335 cm³/mol. The lowest BCUT2D eigenvalue weighted by molar-refractivity contribution is 0.171. The Morgan fingerprint density at radius 2 is 1.14 bits per heavy atom. The molecule has 87 heavy (non-hydrogen) atoms. The first-order valence-corrected chi connectivity index (χ1v) is 29.0. The summed E-state index contributed by atoms with van der Waals surface area (Å²) in [6.45, 7) is 16.0. The molecule has 0 saturated carbocycles. The summed E-state index contributed by atoms with van der Waals surface area (Å²) >= 11 is 0. The summed E-state index contributed by atoms with van der Waals surface area (Å²) in [6, 6.07) is 15.4. The molecule has 9 aromatic rings. The summed E-state index contributed by atoms with van der Waals surface area (Å²) < 4.78 is 68.7. The zero-order valence-corrected chi connectivity index (χ0v) is 49.7. The molecule has 0 spiro atoms. The Bertz CT molecular complexity index is 4360. The molecule has 0 aliphatic carbocycles. The Balaban J connectivity index is 0.000000145. The van der Waals surface area contributed by atoms with Crippen LogP contribution in [0.4, 0.5) is 47.3 Å². The first kappa shape index (κ1) is 60.3. The smallest absolute Gasteiger partial charge is 0.209 e. The van der Waals surface area contributed by atoms with Crippen LogP contribution in [0.25, 0.3) is 32.7 Å². The molecule has 3 aliphatic rings. The Morgan fingerprint density at radius 3 is 1.69 bits per heavy atom. The van der Waals surface area contributed by atoms with E-state index < -0.39 is 22.9 Å². The predicted octanol–water partition coefficient (Wildman–Crippen LogP) is 10.3. The van der Waals surface area contributed by atoms with Crippen molar-refractivity contribution in [2.24, 2.45) is 0 Å². The summed E-state index contributed by atoms with van der Waals surface area (Å²) in [6.07, 6.45) is 16.8. The van der Waals surface area contributed by atoms with Gasteiger partial charge in [-0.2, -0.15) is 5.26 Å². The van der Waals surface area contributed by atoms with Gasteiger partial charge in [-0.1, -0.05) is 18.2 Å². The van der Waals surface area contributed by atoms with Crippen molar-refractivity contribution >= 4 is 66.8 Å². The highest BCUT2D eigenvalue weighted by atomic mass is 19.1. The summed E-state index contributed by atoms with van der Waals surface area (Å²) in [4.78, 5) is 50.8. The molecule has 12 rings (SSSR count). The summed E-state index contributed by atoms with van der Waals surface area (Å²) in [5.74, 6) is -1.04. The second-order valence-electron chi connectivity index (χ2n) is 22.9. The number of hydrogen-bond donors (Lipinski definition) is 6. The van der Waals surface area contributed by atoms with Gasteiger partial charge in [0.15, 0.2) is 45.6 Å². The van der Waals surface area contributed by atoms with Gasteiger partial charge >= 0.3 is 0 Å². The number of nitrogens with zero attached hydrogens (tertiary/aromatic N) is 7. The number of nitrogens with one attached hydrogen (secondary N) is 3. The van der Waals surface area contributed by atoms with Crippen molar-refractivity contribution in [3.63, 3.8) is 0 Å². The minimum absolute atomic E-state index is 0.0113. The lowest BCUT2D eigenvalue weighted by Crippen LogP contribution is -2.38. The van der Waals surface area contributed by atoms with Crippen LogP contribution in [0.5, 0.6) is 17.2 Å². The highest BCUT2D eigenvalue weighted by molar-refractivity contribution is 6.03. The van der Waals surface area contributed by atoms with E-state index in [-0.39, 0.29) is 90.1 Å². The molecule has 9 N–H and O–H groups in total. The van der Waals surface area contributed by atoms with Gasteiger partial charge in [0, 0.05) is 85.5 Å². The van der Waals surface area contributed by atoms with Crippen LogP contribution >= 0.6 is 0 Å². The molecule has 19 nitrogen and oxygen atoms in total. The van der Waals surface area contributed by atoms with E-state index in [0.29, 0.717) is 78.6 Å². The zero-order valence-electron chi connectivity index (χ0n) is 49.7. The molecule has 6 aromatic heterocycles. The van der Waals surface area contributed by atoms with Crippen molar-refractivity contribution in [1.29, 1.82) is 5.26 Å². The van der Waals surface area contributed by atoms with Crippen LogP contribution in [-0.2, 0) is 24.8 Å². The maximum atomic E-state index is 15.2. The number of rotatable bonds is 15. The molecule has 9 heterocycles. The second kappa shape index (κ2) is 25.0. The number of nitrogen functional groups attached to an aromatic ring is 3. The van der Waals surface area contributed by atoms with Crippen molar-refractivity contribution in [1.82, 2.24) is 28.7 Å². The maximum absolute atomic E-state index is 15.2. The van der Waals surface area contributed by atoms with Crippen molar-refractivity contribution in [2.75, 3.05) is 72.6 Å². The quantitative estimate of drug-likeness (QED) is 0.0411. The Hall–Kier alpha value is -9.78. The van der Waals surface area contributed by atoms with Crippen molar-refractivity contribution < 1.29 is 27.4 Å². The molecule has 0 amide bonds. The summed E-state index contributed by atoms with van der Waals surface area (Å²) in [5, 5.41) is 19.0. The highest BCUT2D eigenvalue weighted by Gasteiger charge is 2.35. The van der Waals surface area contributed by atoms with Gasteiger partial charge < -0.3 is 61.1 Å². The number of nitriles is 1. The Labute approximate surface area is 499 Å². The molecule has 2 atom stereocenters. The van der Waals surface area contributed by atoms with E-state index in [9.17, 15) is 19.6 Å². The van der Waals surface area contributed by atoms with Crippen molar-refractivity contribution in [3.05, 3.63) is 173 Å². The molecule has 0 unspecified atom stereocenters. The fourth-order valence-corrected chi connectivity index (χ4v) is 11.3. The van der Waals surface area contributed by atoms with E-state index in [1.807, 2.05) is 98.5 Å². The fraction of sp³-hybridized carbons (Fsp3) is 0.338. The average Bonchev–Trinajstić information content (AvgIpc) is 0.827. The molecular weight excluding hydrogens is 1120 g/mol. The molecular formula is C65H70F3N13O6. The molecule has 22 heteroatoms. The number of ether oxygens (including phenoxy) is 3. The van der Waals surface area contributed by atoms with E-state index in [1.54, 1.807) is 49.4 Å². The standard InChI is InChI=1S/C22H22FN5O2.C22H25FN4O2.C21H23FN4O2/c1-12-5-3-7-26-15(12)6-4-8-27-19-17(23)18(25)16-20-22(19)30-11-13(2)28(20)10-14(9-24)21(16)29;1-13-11-27-19-15(20(13)28)17(24)16(23)18(21(19)29-12-22(27,2)3)26-10-6-8-14-7-4-5-9-25-14;1-12-10-26-13(2)11-28-21-18(16(22)17(23)15(19(21)26)20(12)27)25-8-4-6-14-5-3-7-24-9-14/h3,5,7,10,13,27H,4,6,8,11,25H2,1-2H3;4-5,7,9,11,26H,6,8,10,12,24H2,1-3H3;3,5,7,9-10,13,25H,4,6,8,11,23H2,1-2H3/t13-;;13-/m0.0/s1. The van der Waals surface area contributed by atoms with E-state index in [1.165, 1.54) is 6.20 Å². The number of aromatic nitrogens is 6. The molecule has 0 radical (unpaired) electrons. The SMILES string of the molecule is Cc1cccnc1CCCNc1c(F)c(N)c2c(=O)c(C#N)cn3c2c1OC[C@@H]3C.Cc1cn2c3c(c(NCCCc4ccccn4)c(F)c(N)c3c1=O)OCC2(C)C.Cc1cn2c3c(c(NCCCc4cccnc4)c(F)c(N)c3c1=O)OC[C@@H]2C. The van der Waals surface area contributed by atoms with Gasteiger partial charge in [-0.05, 0) is 122 Å². The van der Waals surface area contributed by atoms with Crippen LogP contribution in [0.3, 0.4) is 0 Å².